The predicted molar refractivity (Wildman–Crippen MR) is 107 cm³/mol. The molecule has 0 bridgehead atoms. The fourth-order valence-electron chi connectivity index (χ4n) is 3.51. The highest BCUT2D eigenvalue weighted by Gasteiger charge is 2.29. The molecule has 0 aliphatic carbocycles. The van der Waals surface area contributed by atoms with Gasteiger partial charge in [0.15, 0.2) is 0 Å². The first-order valence-electron chi connectivity index (χ1n) is 8.73. The number of primary amides is 1. The summed E-state index contributed by atoms with van der Waals surface area (Å²) < 4.78 is 13.9. The number of hydrogen-bond donors (Lipinski definition) is 2. The Kier molecular flexibility index (Phi) is 4.11. The summed E-state index contributed by atoms with van der Waals surface area (Å²) in [5.74, 6) is -1.26. The topological polar surface area (TPSA) is 89.4 Å². The van der Waals surface area contributed by atoms with Crippen LogP contribution in [0.2, 0.25) is 0 Å². The number of hydrogen-bond acceptors (Lipinski definition) is 3. The molecule has 0 saturated heterocycles. The van der Waals surface area contributed by atoms with E-state index < -0.39 is 11.7 Å². The van der Waals surface area contributed by atoms with Crippen LogP contribution in [-0.2, 0) is 11.3 Å². The molecule has 2 amide bonds. The summed E-state index contributed by atoms with van der Waals surface area (Å²) in [5.41, 5.74) is 14.1. The monoisotopic (exact) mass is 375 g/mol. The summed E-state index contributed by atoms with van der Waals surface area (Å²) in [6, 6.07) is 14.1. The molecule has 0 fully saturated rings. The zero-order valence-corrected chi connectivity index (χ0v) is 15.0. The molecule has 0 radical (unpaired) electrons. The van der Waals surface area contributed by atoms with Gasteiger partial charge in [-0.1, -0.05) is 30.8 Å². The molecule has 1 heterocycles. The minimum Gasteiger partial charge on any atom is -0.396 e. The number of nitrogens with zero attached hydrogens (tertiary/aromatic N) is 1. The maximum absolute atomic E-state index is 13.9. The zero-order chi connectivity index (χ0) is 20.0. The lowest BCUT2D eigenvalue weighted by atomic mass is 9.96. The number of amides is 2. The summed E-state index contributed by atoms with van der Waals surface area (Å²) in [6.45, 7) is 4.08. The van der Waals surface area contributed by atoms with Gasteiger partial charge >= 0.3 is 0 Å². The maximum atomic E-state index is 13.9. The van der Waals surface area contributed by atoms with E-state index in [2.05, 4.69) is 6.58 Å². The van der Waals surface area contributed by atoms with Gasteiger partial charge in [0.2, 0.25) is 5.91 Å². The first kappa shape index (κ1) is 17.7. The molecule has 0 aromatic heterocycles. The first-order valence-corrected chi connectivity index (χ1v) is 8.73. The van der Waals surface area contributed by atoms with Crippen LogP contribution in [0.25, 0.3) is 21.9 Å². The molecule has 0 atom stereocenters. The second-order valence-corrected chi connectivity index (χ2v) is 6.89. The Hall–Kier alpha value is -3.67. The smallest absolute Gasteiger partial charge is 0.254 e. The van der Waals surface area contributed by atoms with Crippen LogP contribution < -0.4 is 11.5 Å². The van der Waals surface area contributed by atoms with E-state index in [1.165, 1.54) is 12.1 Å². The average Bonchev–Trinajstić information content (AvgIpc) is 2.99. The zero-order valence-electron chi connectivity index (χ0n) is 15.0. The van der Waals surface area contributed by atoms with Crippen LogP contribution in [0, 0.1) is 5.82 Å². The summed E-state index contributed by atoms with van der Waals surface area (Å²) in [5, 5.41) is 1.88. The summed E-state index contributed by atoms with van der Waals surface area (Å²) in [4.78, 5) is 25.5. The van der Waals surface area contributed by atoms with E-state index in [1.54, 1.807) is 17.0 Å². The highest BCUT2D eigenvalue weighted by atomic mass is 19.1. The Morgan fingerprint density at radius 1 is 1.11 bits per heavy atom. The molecule has 0 saturated carbocycles. The van der Waals surface area contributed by atoms with Gasteiger partial charge in [-0.15, -0.1) is 0 Å². The van der Waals surface area contributed by atoms with Gasteiger partial charge in [-0.25, -0.2) is 4.39 Å². The number of halogens is 1. The number of rotatable bonds is 4. The average molecular weight is 375 g/mol. The van der Waals surface area contributed by atoms with Crippen molar-refractivity contribution in [3.8, 4) is 11.1 Å². The number of benzene rings is 3. The molecular formula is C22H18FN3O2. The van der Waals surface area contributed by atoms with Crippen LogP contribution in [0.5, 0.6) is 0 Å². The maximum Gasteiger partial charge on any atom is 0.254 e. The Bertz CT molecular complexity index is 1170. The molecule has 140 valence electrons. The Morgan fingerprint density at radius 3 is 2.50 bits per heavy atom. The molecule has 1 aliphatic rings. The highest BCUT2D eigenvalue weighted by Crippen LogP contribution is 2.34. The molecule has 4 N–H and O–H groups in total. The van der Waals surface area contributed by atoms with Gasteiger partial charge in [0.25, 0.3) is 5.91 Å². The molecule has 6 heteroatoms. The van der Waals surface area contributed by atoms with E-state index in [4.69, 9.17) is 11.5 Å². The summed E-state index contributed by atoms with van der Waals surface area (Å²) in [7, 11) is 0. The van der Waals surface area contributed by atoms with E-state index in [0.29, 0.717) is 17.7 Å². The minimum absolute atomic E-state index is 0.0905. The summed E-state index contributed by atoms with van der Waals surface area (Å²) in [6.07, 6.45) is 0. The number of nitrogen functional groups attached to an aromatic ring is 1. The molecule has 1 aliphatic heterocycles. The minimum atomic E-state index is -0.624. The number of anilines is 1. The lowest BCUT2D eigenvalue weighted by molar-refractivity contribution is -0.114. The normalized spacial score (nSPS) is 13.0. The largest absolute Gasteiger partial charge is 0.396 e. The molecular weight excluding hydrogens is 357 g/mol. The quantitative estimate of drug-likeness (QED) is 0.542. The van der Waals surface area contributed by atoms with Gasteiger partial charge in [0.05, 0.1) is 12.2 Å². The van der Waals surface area contributed by atoms with E-state index >= 15 is 0 Å². The second-order valence-electron chi connectivity index (χ2n) is 6.89. The van der Waals surface area contributed by atoms with E-state index in [9.17, 15) is 14.0 Å². The van der Waals surface area contributed by atoms with Crippen molar-refractivity contribution < 1.29 is 14.0 Å². The lowest BCUT2D eigenvalue weighted by Gasteiger charge is -2.15. The Morgan fingerprint density at radius 2 is 1.79 bits per heavy atom. The van der Waals surface area contributed by atoms with Gasteiger partial charge in [-0.2, -0.15) is 0 Å². The fraction of sp³-hybridized carbons (Fsp3) is 0.0909. The van der Waals surface area contributed by atoms with Gasteiger partial charge in [0.1, 0.15) is 5.82 Å². The van der Waals surface area contributed by atoms with E-state index in [1.807, 2.05) is 24.3 Å². The van der Waals surface area contributed by atoms with Crippen LogP contribution in [-0.4, -0.2) is 23.3 Å². The van der Waals surface area contributed by atoms with Crippen molar-refractivity contribution in [2.45, 2.75) is 6.54 Å². The van der Waals surface area contributed by atoms with Crippen molar-refractivity contribution in [1.82, 2.24) is 4.90 Å². The molecule has 3 aromatic rings. The highest BCUT2D eigenvalue weighted by molar-refractivity contribution is 6.05. The van der Waals surface area contributed by atoms with Crippen molar-refractivity contribution in [2.75, 3.05) is 12.3 Å². The van der Waals surface area contributed by atoms with Gasteiger partial charge in [0, 0.05) is 17.7 Å². The van der Waals surface area contributed by atoms with Crippen LogP contribution in [0.15, 0.2) is 60.7 Å². The third-order valence-electron chi connectivity index (χ3n) is 5.06. The van der Waals surface area contributed by atoms with Crippen LogP contribution >= 0.6 is 0 Å². The van der Waals surface area contributed by atoms with Crippen molar-refractivity contribution in [3.63, 3.8) is 0 Å². The Balaban J connectivity index is 1.77. The Labute approximate surface area is 161 Å². The molecule has 4 rings (SSSR count). The number of carbonyl (C=O) groups excluding carboxylic acids is 2. The number of nitrogens with two attached hydrogens (primary N) is 2. The molecule has 28 heavy (non-hydrogen) atoms. The summed E-state index contributed by atoms with van der Waals surface area (Å²) >= 11 is 0. The first-order chi connectivity index (χ1) is 13.3. The standard InChI is InChI=1S/C22H18FN3O2/c1-12(21(25)27)10-26-11-18-16(22(26)28)6-4-13-2-3-14(8-17(13)18)15-5-7-20(24)19(23)9-15/h2-9H,1,10-11,24H2,(H2,25,27). The molecule has 0 unspecified atom stereocenters. The van der Waals surface area contributed by atoms with Crippen molar-refractivity contribution >= 4 is 28.3 Å². The van der Waals surface area contributed by atoms with Gasteiger partial charge < -0.3 is 16.4 Å². The van der Waals surface area contributed by atoms with Crippen molar-refractivity contribution in [3.05, 3.63) is 77.6 Å². The van der Waals surface area contributed by atoms with Gasteiger partial charge in [-0.3, -0.25) is 9.59 Å². The number of fused-ring (bicyclic) bond motifs is 3. The van der Waals surface area contributed by atoms with Crippen LogP contribution in [0.4, 0.5) is 10.1 Å². The SMILES string of the molecule is C=C(CN1Cc2c(ccc3ccc(-c4ccc(N)c(F)c4)cc23)C1=O)C(N)=O. The predicted octanol–water partition coefficient (Wildman–Crippen LogP) is 3.23. The van der Waals surface area contributed by atoms with Crippen LogP contribution in [0.1, 0.15) is 15.9 Å². The third kappa shape index (κ3) is 2.89. The van der Waals surface area contributed by atoms with E-state index in [-0.39, 0.29) is 23.7 Å². The molecule has 5 nitrogen and oxygen atoms in total. The lowest BCUT2D eigenvalue weighted by Crippen LogP contribution is -2.30. The fourth-order valence-corrected chi connectivity index (χ4v) is 3.51. The van der Waals surface area contributed by atoms with Crippen molar-refractivity contribution in [1.29, 1.82) is 0 Å². The molecule has 3 aromatic carbocycles. The third-order valence-corrected chi connectivity index (χ3v) is 5.06. The van der Waals surface area contributed by atoms with Gasteiger partial charge in [-0.05, 0) is 51.7 Å². The second kappa shape index (κ2) is 6.49. The number of carbonyl (C=O) groups is 2. The van der Waals surface area contributed by atoms with Crippen LogP contribution in [0.3, 0.4) is 0 Å². The molecule has 0 spiro atoms. The van der Waals surface area contributed by atoms with E-state index in [0.717, 1.165) is 21.9 Å². The van der Waals surface area contributed by atoms with Crippen molar-refractivity contribution in [2.24, 2.45) is 5.73 Å².